The average Bonchev–Trinajstić information content (AvgIpc) is 2.67. The molecule has 2 aromatic carbocycles. The minimum atomic E-state index is -0.628. The number of rotatable bonds is 6. The Balaban J connectivity index is 1.85. The first-order chi connectivity index (χ1) is 13.8. The van der Waals surface area contributed by atoms with Crippen molar-refractivity contribution < 1.29 is 19.1 Å². The number of carbonyl (C=O) groups is 2. The van der Waals surface area contributed by atoms with Crippen LogP contribution in [0.25, 0.3) is 0 Å². The van der Waals surface area contributed by atoms with Crippen LogP contribution in [0.15, 0.2) is 64.3 Å². The topological polar surface area (TPSA) is 76.7 Å². The molecule has 152 valence electrons. The summed E-state index contributed by atoms with van der Waals surface area (Å²) < 4.78 is 12.0. The number of halogens is 1. The predicted molar refractivity (Wildman–Crippen MR) is 113 cm³/mol. The number of amides is 2. The van der Waals surface area contributed by atoms with Gasteiger partial charge in [-0.25, -0.2) is 9.59 Å². The van der Waals surface area contributed by atoms with Crippen molar-refractivity contribution in [3.8, 4) is 5.75 Å². The number of urea groups is 1. The fourth-order valence-electron chi connectivity index (χ4n) is 3.06. The van der Waals surface area contributed by atoms with Gasteiger partial charge in [-0.3, -0.25) is 0 Å². The highest BCUT2D eigenvalue weighted by Crippen LogP contribution is 2.33. The summed E-state index contributed by atoms with van der Waals surface area (Å²) in [6.07, 6.45) is 0.0291. The van der Waals surface area contributed by atoms with Gasteiger partial charge in [-0.15, -0.1) is 0 Å². The molecule has 2 amide bonds. The van der Waals surface area contributed by atoms with Gasteiger partial charge in [-0.1, -0.05) is 36.4 Å². The van der Waals surface area contributed by atoms with E-state index in [0.717, 1.165) is 15.6 Å². The average molecular weight is 459 g/mol. The second-order valence-corrected chi connectivity index (χ2v) is 7.84. The van der Waals surface area contributed by atoms with E-state index in [9.17, 15) is 9.59 Å². The van der Waals surface area contributed by atoms with Crippen molar-refractivity contribution in [3.05, 3.63) is 75.4 Å². The number of hydrogen-bond donors (Lipinski definition) is 2. The number of ether oxygens (including phenoxy) is 2. The lowest BCUT2D eigenvalue weighted by Gasteiger charge is -2.28. The summed E-state index contributed by atoms with van der Waals surface area (Å²) >= 11 is 3.51. The van der Waals surface area contributed by atoms with Crippen LogP contribution >= 0.6 is 15.9 Å². The zero-order chi connectivity index (χ0) is 21.0. The van der Waals surface area contributed by atoms with Crippen LogP contribution in [0.2, 0.25) is 0 Å². The molecule has 0 bridgehead atoms. The van der Waals surface area contributed by atoms with Crippen molar-refractivity contribution in [1.29, 1.82) is 0 Å². The molecule has 0 saturated heterocycles. The number of hydrogen-bond acceptors (Lipinski definition) is 4. The van der Waals surface area contributed by atoms with E-state index < -0.39 is 12.0 Å². The maximum atomic E-state index is 12.9. The van der Waals surface area contributed by atoms with Crippen LogP contribution in [-0.4, -0.2) is 18.1 Å². The van der Waals surface area contributed by atoms with Gasteiger partial charge < -0.3 is 20.1 Å². The largest absolute Gasteiger partial charge is 0.490 e. The van der Waals surface area contributed by atoms with E-state index in [1.807, 2.05) is 62.4 Å². The molecule has 29 heavy (non-hydrogen) atoms. The Morgan fingerprint density at radius 3 is 2.55 bits per heavy atom. The Bertz CT molecular complexity index is 941. The third-order valence-electron chi connectivity index (χ3n) is 4.35. The van der Waals surface area contributed by atoms with Crippen molar-refractivity contribution in [2.75, 3.05) is 0 Å². The van der Waals surface area contributed by atoms with Crippen LogP contribution < -0.4 is 15.4 Å². The molecule has 1 aliphatic rings. The summed E-state index contributed by atoms with van der Waals surface area (Å²) in [4.78, 5) is 24.9. The van der Waals surface area contributed by atoms with Gasteiger partial charge in [0.05, 0.1) is 22.2 Å². The molecule has 0 saturated carbocycles. The molecule has 0 aliphatic carbocycles. The molecule has 1 aliphatic heterocycles. The van der Waals surface area contributed by atoms with Crippen LogP contribution in [0.3, 0.4) is 0 Å². The van der Waals surface area contributed by atoms with E-state index >= 15 is 0 Å². The number of carbonyl (C=O) groups excluding carboxylic acids is 2. The monoisotopic (exact) mass is 458 g/mol. The second kappa shape index (κ2) is 9.13. The fraction of sp³-hybridized carbons (Fsp3) is 0.273. The molecule has 6 nitrogen and oxygen atoms in total. The molecule has 3 rings (SSSR count). The Labute approximate surface area is 178 Å². The van der Waals surface area contributed by atoms with Gasteiger partial charge in [0.2, 0.25) is 0 Å². The zero-order valence-corrected chi connectivity index (χ0v) is 18.1. The Morgan fingerprint density at radius 1 is 1.17 bits per heavy atom. The number of nitrogens with one attached hydrogen (secondary N) is 2. The zero-order valence-electron chi connectivity index (χ0n) is 16.5. The molecule has 2 N–H and O–H groups in total. The first-order valence-electron chi connectivity index (χ1n) is 9.30. The maximum Gasteiger partial charge on any atom is 0.338 e. The van der Waals surface area contributed by atoms with Crippen molar-refractivity contribution in [2.45, 2.75) is 39.5 Å². The molecule has 2 aromatic rings. The SMILES string of the molecule is CC1=C(C(=O)OCc2ccccc2)C(c2ccc(OC(C)C)c(Br)c2)NC(=O)N1. The minimum absolute atomic E-state index is 0.0291. The summed E-state index contributed by atoms with van der Waals surface area (Å²) in [6.45, 7) is 5.73. The summed E-state index contributed by atoms with van der Waals surface area (Å²) in [5.74, 6) is 0.209. The fourth-order valence-corrected chi connectivity index (χ4v) is 3.55. The molecule has 0 aromatic heterocycles. The van der Waals surface area contributed by atoms with Gasteiger partial charge in [0.15, 0.2) is 0 Å². The van der Waals surface area contributed by atoms with Gasteiger partial charge in [0.1, 0.15) is 12.4 Å². The lowest BCUT2D eigenvalue weighted by molar-refractivity contribution is -0.140. The van der Waals surface area contributed by atoms with E-state index in [-0.39, 0.29) is 18.7 Å². The van der Waals surface area contributed by atoms with Crippen molar-refractivity contribution in [2.24, 2.45) is 0 Å². The third kappa shape index (κ3) is 5.17. The van der Waals surface area contributed by atoms with Gasteiger partial charge in [0.25, 0.3) is 0 Å². The molecule has 1 atom stereocenters. The van der Waals surface area contributed by atoms with Crippen molar-refractivity contribution in [1.82, 2.24) is 10.6 Å². The van der Waals surface area contributed by atoms with Crippen LogP contribution in [0.4, 0.5) is 4.79 Å². The summed E-state index contributed by atoms with van der Waals surface area (Å²) in [7, 11) is 0. The van der Waals surface area contributed by atoms with E-state index in [4.69, 9.17) is 9.47 Å². The first-order valence-corrected chi connectivity index (χ1v) is 10.1. The van der Waals surface area contributed by atoms with Gasteiger partial charge in [-0.05, 0) is 60.0 Å². The summed E-state index contributed by atoms with van der Waals surface area (Å²) in [5.41, 5.74) is 2.47. The number of esters is 1. The molecule has 0 spiro atoms. The third-order valence-corrected chi connectivity index (χ3v) is 4.97. The molecular formula is C22H23BrN2O4. The van der Waals surface area contributed by atoms with Gasteiger partial charge in [-0.2, -0.15) is 0 Å². The molecule has 0 radical (unpaired) electrons. The van der Waals surface area contributed by atoms with Crippen LogP contribution in [0, 0.1) is 0 Å². The van der Waals surface area contributed by atoms with E-state index in [1.165, 1.54) is 0 Å². The van der Waals surface area contributed by atoms with E-state index in [2.05, 4.69) is 26.6 Å². The molecule has 1 heterocycles. The van der Waals surface area contributed by atoms with Gasteiger partial charge in [0, 0.05) is 5.70 Å². The molecular weight excluding hydrogens is 436 g/mol. The lowest BCUT2D eigenvalue weighted by Crippen LogP contribution is -2.45. The Kier molecular flexibility index (Phi) is 6.59. The first kappa shape index (κ1) is 20.9. The Morgan fingerprint density at radius 2 is 1.90 bits per heavy atom. The molecule has 7 heteroatoms. The standard InChI is InChI=1S/C22H23BrN2O4/c1-13(2)29-18-10-9-16(11-17(18)23)20-19(14(3)24-22(27)25-20)21(26)28-12-15-7-5-4-6-8-15/h4-11,13,20H,12H2,1-3H3,(H2,24,25,27). The highest BCUT2D eigenvalue weighted by molar-refractivity contribution is 9.10. The molecule has 1 unspecified atom stereocenters. The lowest BCUT2D eigenvalue weighted by atomic mass is 9.95. The Hall–Kier alpha value is -2.80. The van der Waals surface area contributed by atoms with Crippen LogP contribution in [0.5, 0.6) is 5.75 Å². The van der Waals surface area contributed by atoms with Gasteiger partial charge >= 0.3 is 12.0 Å². The van der Waals surface area contributed by atoms with Crippen molar-refractivity contribution >= 4 is 27.9 Å². The van der Waals surface area contributed by atoms with Crippen LogP contribution in [0.1, 0.15) is 37.9 Å². The quantitative estimate of drug-likeness (QED) is 0.619. The molecule has 0 fully saturated rings. The number of benzene rings is 2. The maximum absolute atomic E-state index is 12.9. The number of allylic oxidation sites excluding steroid dienone is 1. The van der Waals surface area contributed by atoms with Crippen molar-refractivity contribution in [3.63, 3.8) is 0 Å². The smallest absolute Gasteiger partial charge is 0.338 e. The minimum Gasteiger partial charge on any atom is -0.490 e. The van der Waals surface area contributed by atoms with E-state index in [1.54, 1.807) is 6.92 Å². The highest BCUT2D eigenvalue weighted by Gasteiger charge is 2.32. The summed E-state index contributed by atoms with van der Waals surface area (Å²) in [5, 5.41) is 5.46. The second-order valence-electron chi connectivity index (χ2n) is 6.99. The summed E-state index contributed by atoms with van der Waals surface area (Å²) in [6, 6.07) is 13.9. The highest BCUT2D eigenvalue weighted by atomic mass is 79.9. The van der Waals surface area contributed by atoms with Crippen LogP contribution in [-0.2, 0) is 16.1 Å². The van der Waals surface area contributed by atoms with E-state index in [0.29, 0.717) is 17.0 Å². The predicted octanol–water partition coefficient (Wildman–Crippen LogP) is 4.61. The normalized spacial score (nSPS) is 16.3.